The molecule has 0 radical (unpaired) electrons. The Bertz CT molecular complexity index is 522. The van der Waals surface area contributed by atoms with Crippen LogP contribution in [0.3, 0.4) is 0 Å². The molecule has 0 unspecified atom stereocenters. The van der Waals surface area contributed by atoms with E-state index < -0.39 is 35.6 Å². The lowest BCUT2D eigenvalue weighted by Crippen LogP contribution is -2.33. The summed E-state index contributed by atoms with van der Waals surface area (Å²) < 4.78 is 10.1. The van der Waals surface area contributed by atoms with Crippen LogP contribution in [0.5, 0.6) is 0 Å². The highest BCUT2D eigenvalue weighted by Crippen LogP contribution is 2.16. The van der Waals surface area contributed by atoms with Gasteiger partial charge in [-0.25, -0.2) is 4.79 Å². The molecule has 0 bridgehead atoms. The smallest absolute Gasteiger partial charge is 0.333 e. The van der Waals surface area contributed by atoms with Crippen molar-refractivity contribution >= 4 is 29.7 Å². The third kappa shape index (κ3) is 7.76. The highest BCUT2D eigenvalue weighted by Gasteiger charge is 2.34. The lowest BCUT2D eigenvalue weighted by atomic mass is 10.0. The number of nitrogens with zero attached hydrogens (tertiary/aromatic N) is 1. The minimum absolute atomic E-state index is 0.0117. The van der Waals surface area contributed by atoms with Gasteiger partial charge in [-0.2, -0.15) is 0 Å². The highest BCUT2D eigenvalue weighted by molar-refractivity contribution is 6.01. The van der Waals surface area contributed by atoms with Crippen LogP contribution in [0.2, 0.25) is 0 Å². The molecule has 0 spiro atoms. The molecule has 152 valence electrons. The Morgan fingerprint density at radius 1 is 0.926 bits per heavy atom. The number of imide groups is 1. The van der Waals surface area contributed by atoms with Gasteiger partial charge in [0.25, 0.3) is 11.8 Å². The van der Waals surface area contributed by atoms with Crippen molar-refractivity contribution in [3.8, 4) is 0 Å². The van der Waals surface area contributed by atoms with Crippen LogP contribution in [0.15, 0.2) is 0 Å². The largest absolute Gasteiger partial charge is 0.465 e. The molecule has 1 fully saturated rings. The van der Waals surface area contributed by atoms with Gasteiger partial charge < -0.3 is 14.3 Å². The van der Waals surface area contributed by atoms with Gasteiger partial charge in [0, 0.05) is 19.3 Å². The number of ether oxygens (including phenoxy) is 2. The van der Waals surface area contributed by atoms with Crippen molar-refractivity contribution in [2.45, 2.75) is 65.2 Å². The summed E-state index contributed by atoms with van der Waals surface area (Å²) in [5.41, 5.74) is 0. The van der Waals surface area contributed by atoms with E-state index in [0.717, 1.165) is 12.8 Å². The Labute approximate surface area is 158 Å². The van der Waals surface area contributed by atoms with E-state index >= 15 is 0 Å². The van der Waals surface area contributed by atoms with E-state index in [0.29, 0.717) is 17.9 Å². The van der Waals surface area contributed by atoms with Crippen LogP contribution in [0.4, 0.5) is 0 Å². The molecule has 0 aliphatic carbocycles. The zero-order valence-corrected chi connectivity index (χ0v) is 15.9. The van der Waals surface area contributed by atoms with Crippen molar-refractivity contribution in [2.75, 3.05) is 13.2 Å². The monoisotopic (exact) mass is 385 g/mol. The van der Waals surface area contributed by atoms with Crippen molar-refractivity contribution in [3.63, 3.8) is 0 Å². The fourth-order valence-electron chi connectivity index (χ4n) is 2.23. The van der Waals surface area contributed by atoms with Crippen LogP contribution in [-0.2, 0) is 38.3 Å². The molecule has 1 aliphatic rings. The summed E-state index contributed by atoms with van der Waals surface area (Å²) in [5.74, 6) is -4.84. The zero-order chi connectivity index (χ0) is 20.2. The summed E-state index contributed by atoms with van der Waals surface area (Å²) in [5, 5.41) is 0.427. The summed E-state index contributed by atoms with van der Waals surface area (Å²) in [6.45, 7) is 4.22. The molecule has 2 amide bonds. The summed E-state index contributed by atoms with van der Waals surface area (Å²) >= 11 is 0. The molecule has 9 nitrogen and oxygen atoms in total. The molecule has 0 saturated carbocycles. The lowest BCUT2D eigenvalue weighted by molar-refractivity contribution is -0.197. The first-order valence-corrected chi connectivity index (χ1v) is 9.30. The predicted octanol–water partition coefficient (Wildman–Crippen LogP) is 1.68. The summed E-state index contributed by atoms with van der Waals surface area (Å²) in [6, 6.07) is 0. The molecule has 0 aromatic carbocycles. The average Bonchev–Trinajstić information content (AvgIpc) is 2.94. The van der Waals surface area contributed by atoms with Crippen LogP contribution >= 0.6 is 0 Å². The molecule has 0 aromatic rings. The summed E-state index contributed by atoms with van der Waals surface area (Å²) in [7, 11) is 0. The maximum absolute atomic E-state index is 12.2. The Hall–Kier alpha value is -2.45. The maximum atomic E-state index is 12.2. The van der Waals surface area contributed by atoms with E-state index in [1.54, 1.807) is 0 Å². The standard InChI is InChI=1S/C18H27NO8/c1-3-5-11-25-17(23)13(18(24)26-12-6-4-2)7-10-16(22)27-19-14(20)8-9-15(19)21/h13H,3-12H2,1-2H3. The number of carbonyl (C=O) groups excluding carboxylic acids is 5. The first-order chi connectivity index (χ1) is 12.9. The quantitative estimate of drug-likeness (QED) is 0.216. The minimum atomic E-state index is -1.25. The van der Waals surface area contributed by atoms with Crippen LogP contribution < -0.4 is 0 Å². The Morgan fingerprint density at radius 2 is 1.41 bits per heavy atom. The van der Waals surface area contributed by atoms with Gasteiger partial charge in [-0.15, -0.1) is 5.06 Å². The molecule has 1 aliphatic heterocycles. The molecule has 0 N–H and O–H groups in total. The van der Waals surface area contributed by atoms with Crippen LogP contribution in [0.1, 0.15) is 65.2 Å². The Morgan fingerprint density at radius 3 is 1.85 bits per heavy atom. The molecular weight excluding hydrogens is 358 g/mol. The summed E-state index contributed by atoms with van der Waals surface area (Å²) in [6.07, 6.45) is 2.41. The van der Waals surface area contributed by atoms with E-state index in [1.165, 1.54) is 0 Å². The second-order valence-corrected chi connectivity index (χ2v) is 6.18. The van der Waals surface area contributed by atoms with Gasteiger partial charge in [0.15, 0.2) is 5.92 Å². The van der Waals surface area contributed by atoms with Crippen molar-refractivity contribution in [1.29, 1.82) is 0 Å². The van der Waals surface area contributed by atoms with E-state index in [-0.39, 0.29) is 38.9 Å². The van der Waals surface area contributed by atoms with E-state index in [9.17, 15) is 24.0 Å². The number of hydrogen-bond acceptors (Lipinski definition) is 8. The van der Waals surface area contributed by atoms with Gasteiger partial charge >= 0.3 is 17.9 Å². The third-order valence-corrected chi connectivity index (χ3v) is 3.89. The van der Waals surface area contributed by atoms with Gasteiger partial charge in [-0.1, -0.05) is 26.7 Å². The number of rotatable bonds is 12. The lowest BCUT2D eigenvalue weighted by Gasteiger charge is -2.16. The first-order valence-electron chi connectivity index (χ1n) is 9.30. The van der Waals surface area contributed by atoms with Crippen LogP contribution in [0.25, 0.3) is 0 Å². The summed E-state index contributed by atoms with van der Waals surface area (Å²) in [4.78, 5) is 63.8. The van der Waals surface area contributed by atoms with E-state index in [4.69, 9.17) is 14.3 Å². The molecule has 1 saturated heterocycles. The number of hydrogen-bond donors (Lipinski definition) is 0. The third-order valence-electron chi connectivity index (χ3n) is 3.89. The van der Waals surface area contributed by atoms with Crippen molar-refractivity contribution in [3.05, 3.63) is 0 Å². The highest BCUT2D eigenvalue weighted by atomic mass is 16.7. The second-order valence-electron chi connectivity index (χ2n) is 6.18. The van der Waals surface area contributed by atoms with E-state index in [2.05, 4.69) is 0 Å². The zero-order valence-electron chi connectivity index (χ0n) is 15.9. The fourth-order valence-corrected chi connectivity index (χ4v) is 2.23. The fraction of sp³-hybridized carbons (Fsp3) is 0.722. The average molecular weight is 385 g/mol. The predicted molar refractivity (Wildman–Crippen MR) is 91.6 cm³/mol. The normalized spacial score (nSPS) is 13.8. The Balaban J connectivity index is 2.59. The molecular formula is C18H27NO8. The van der Waals surface area contributed by atoms with Crippen molar-refractivity contribution in [1.82, 2.24) is 5.06 Å². The number of unbranched alkanes of at least 4 members (excludes halogenated alkanes) is 2. The topological polar surface area (TPSA) is 116 Å². The number of esters is 2. The van der Waals surface area contributed by atoms with Gasteiger partial charge in [-0.05, 0) is 19.3 Å². The van der Waals surface area contributed by atoms with Gasteiger partial charge in [0.2, 0.25) is 0 Å². The maximum Gasteiger partial charge on any atom is 0.333 e. The molecule has 9 heteroatoms. The minimum Gasteiger partial charge on any atom is -0.465 e. The number of amides is 2. The van der Waals surface area contributed by atoms with Crippen molar-refractivity contribution < 1.29 is 38.3 Å². The molecule has 0 aromatic heterocycles. The molecule has 27 heavy (non-hydrogen) atoms. The first kappa shape index (κ1) is 22.6. The van der Waals surface area contributed by atoms with E-state index in [1.807, 2.05) is 13.8 Å². The number of hydroxylamine groups is 2. The van der Waals surface area contributed by atoms with Gasteiger partial charge in [0.05, 0.1) is 13.2 Å². The van der Waals surface area contributed by atoms with Crippen LogP contribution in [-0.4, -0.2) is 48.0 Å². The second kappa shape index (κ2) is 12.0. The number of carbonyl (C=O) groups is 5. The van der Waals surface area contributed by atoms with Crippen LogP contribution in [0, 0.1) is 5.92 Å². The molecule has 1 rings (SSSR count). The SMILES string of the molecule is CCCCOC(=O)C(CCC(=O)ON1C(=O)CCC1=O)C(=O)OCCCC. The molecule has 1 heterocycles. The Kier molecular flexibility index (Phi) is 10.1. The molecule has 0 atom stereocenters. The van der Waals surface area contributed by atoms with Crippen molar-refractivity contribution in [2.24, 2.45) is 5.92 Å². The van der Waals surface area contributed by atoms with Gasteiger partial charge in [-0.3, -0.25) is 19.2 Å². The van der Waals surface area contributed by atoms with Gasteiger partial charge in [0.1, 0.15) is 0 Å².